The Bertz CT molecular complexity index is 497. The van der Waals surface area contributed by atoms with Crippen LogP contribution in [0.2, 0.25) is 5.02 Å². The van der Waals surface area contributed by atoms with Gasteiger partial charge < -0.3 is 4.74 Å². The van der Waals surface area contributed by atoms with Crippen molar-refractivity contribution in [1.29, 1.82) is 0 Å². The van der Waals surface area contributed by atoms with Crippen molar-refractivity contribution in [2.45, 2.75) is 12.5 Å². The molecule has 0 fully saturated rings. The van der Waals surface area contributed by atoms with Crippen molar-refractivity contribution in [3.8, 4) is 5.75 Å². The van der Waals surface area contributed by atoms with Crippen molar-refractivity contribution in [3.05, 3.63) is 64.7 Å². The summed E-state index contributed by atoms with van der Waals surface area (Å²) in [6.07, 6.45) is 0. The first-order chi connectivity index (χ1) is 8.29. The van der Waals surface area contributed by atoms with E-state index in [1.807, 2.05) is 42.5 Å². The number of benzene rings is 2. The van der Waals surface area contributed by atoms with E-state index < -0.39 is 0 Å². The van der Waals surface area contributed by atoms with Gasteiger partial charge in [-0.05, 0) is 29.3 Å². The van der Waals surface area contributed by atoms with Crippen LogP contribution in [0.5, 0.6) is 5.75 Å². The van der Waals surface area contributed by atoms with Gasteiger partial charge in [0.05, 0.1) is 0 Å². The summed E-state index contributed by atoms with van der Waals surface area (Å²) in [7, 11) is 0. The van der Waals surface area contributed by atoms with Crippen LogP contribution >= 0.6 is 23.2 Å². The van der Waals surface area contributed by atoms with Gasteiger partial charge in [0.2, 0.25) is 0 Å². The SMILES string of the molecule is ClCc1ccccc1COc1cccc(Cl)c1. The van der Waals surface area contributed by atoms with E-state index in [9.17, 15) is 0 Å². The molecule has 0 radical (unpaired) electrons. The van der Waals surface area contributed by atoms with Gasteiger partial charge >= 0.3 is 0 Å². The minimum absolute atomic E-state index is 0.495. The highest BCUT2D eigenvalue weighted by Gasteiger charge is 2.01. The Labute approximate surface area is 111 Å². The molecular formula is C14H12Cl2O. The van der Waals surface area contributed by atoms with E-state index in [1.54, 1.807) is 6.07 Å². The summed E-state index contributed by atoms with van der Waals surface area (Å²) in [5.74, 6) is 1.26. The molecule has 88 valence electrons. The molecule has 2 aromatic carbocycles. The van der Waals surface area contributed by atoms with Crippen LogP contribution in [0.3, 0.4) is 0 Å². The highest BCUT2D eigenvalue weighted by molar-refractivity contribution is 6.30. The summed E-state index contributed by atoms with van der Waals surface area (Å²) in [6, 6.07) is 15.3. The fourth-order valence-corrected chi connectivity index (χ4v) is 1.99. The minimum atomic E-state index is 0.495. The molecule has 0 aliphatic carbocycles. The zero-order valence-electron chi connectivity index (χ0n) is 9.20. The number of rotatable bonds is 4. The number of halogens is 2. The van der Waals surface area contributed by atoms with Crippen LogP contribution < -0.4 is 4.74 Å². The van der Waals surface area contributed by atoms with E-state index in [-0.39, 0.29) is 0 Å². The Morgan fingerprint density at radius 2 is 1.71 bits per heavy atom. The molecule has 0 aliphatic heterocycles. The Balaban J connectivity index is 2.07. The molecule has 1 nitrogen and oxygen atoms in total. The lowest BCUT2D eigenvalue weighted by molar-refractivity contribution is 0.305. The summed E-state index contributed by atoms with van der Waals surface area (Å²) in [5.41, 5.74) is 2.19. The van der Waals surface area contributed by atoms with E-state index in [0.717, 1.165) is 16.9 Å². The molecular weight excluding hydrogens is 255 g/mol. The maximum absolute atomic E-state index is 5.88. The Kier molecular flexibility index (Phi) is 4.29. The molecule has 0 bridgehead atoms. The van der Waals surface area contributed by atoms with Crippen LogP contribution in [0.1, 0.15) is 11.1 Å². The molecule has 0 aromatic heterocycles. The zero-order chi connectivity index (χ0) is 12.1. The lowest BCUT2D eigenvalue weighted by Gasteiger charge is -2.09. The van der Waals surface area contributed by atoms with Crippen molar-refractivity contribution in [1.82, 2.24) is 0 Å². The average Bonchev–Trinajstić information content (AvgIpc) is 2.37. The fourth-order valence-electron chi connectivity index (χ4n) is 1.55. The normalized spacial score (nSPS) is 10.2. The van der Waals surface area contributed by atoms with Gasteiger partial charge in [0, 0.05) is 10.9 Å². The molecule has 2 rings (SSSR count). The Hall–Kier alpha value is -1.18. The first-order valence-electron chi connectivity index (χ1n) is 5.30. The maximum atomic E-state index is 5.88. The largest absolute Gasteiger partial charge is 0.489 e. The third-order valence-electron chi connectivity index (χ3n) is 2.45. The van der Waals surface area contributed by atoms with Gasteiger partial charge in [-0.1, -0.05) is 41.9 Å². The summed E-state index contributed by atoms with van der Waals surface area (Å²) in [5, 5.41) is 0.674. The zero-order valence-corrected chi connectivity index (χ0v) is 10.7. The maximum Gasteiger partial charge on any atom is 0.121 e. The topological polar surface area (TPSA) is 9.23 Å². The highest BCUT2D eigenvalue weighted by Crippen LogP contribution is 2.19. The molecule has 0 atom stereocenters. The second-order valence-corrected chi connectivity index (χ2v) is 4.35. The molecule has 3 heteroatoms. The first-order valence-corrected chi connectivity index (χ1v) is 6.22. The minimum Gasteiger partial charge on any atom is -0.489 e. The van der Waals surface area contributed by atoms with Gasteiger partial charge in [-0.2, -0.15) is 0 Å². The van der Waals surface area contributed by atoms with Gasteiger partial charge in [-0.3, -0.25) is 0 Å². The van der Waals surface area contributed by atoms with Gasteiger partial charge in [0.1, 0.15) is 12.4 Å². The number of hydrogen-bond acceptors (Lipinski definition) is 1. The van der Waals surface area contributed by atoms with Crippen molar-refractivity contribution in [2.75, 3.05) is 0 Å². The van der Waals surface area contributed by atoms with E-state index in [1.165, 1.54) is 0 Å². The van der Waals surface area contributed by atoms with Gasteiger partial charge in [0.15, 0.2) is 0 Å². The summed E-state index contributed by atoms with van der Waals surface area (Å²) < 4.78 is 5.67. The van der Waals surface area contributed by atoms with Crippen LogP contribution in [-0.2, 0) is 12.5 Å². The van der Waals surface area contributed by atoms with Crippen LogP contribution in [0, 0.1) is 0 Å². The molecule has 0 saturated carbocycles. The molecule has 0 aliphatic rings. The summed E-state index contributed by atoms with van der Waals surface area (Å²) in [6.45, 7) is 0.503. The van der Waals surface area contributed by atoms with Crippen molar-refractivity contribution < 1.29 is 4.74 Å². The molecule has 0 heterocycles. The average molecular weight is 267 g/mol. The van der Waals surface area contributed by atoms with Crippen molar-refractivity contribution >= 4 is 23.2 Å². The molecule has 0 spiro atoms. The van der Waals surface area contributed by atoms with Crippen molar-refractivity contribution in [2.24, 2.45) is 0 Å². The lowest BCUT2D eigenvalue weighted by Crippen LogP contribution is -1.98. The molecule has 0 amide bonds. The number of alkyl halides is 1. The first kappa shape index (κ1) is 12.3. The van der Waals surface area contributed by atoms with Crippen LogP contribution in [0.25, 0.3) is 0 Å². The van der Waals surface area contributed by atoms with E-state index >= 15 is 0 Å². The van der Waals surface area contributed by atoms with Gasteiger partial charge in [-0.25, -0.2) is 0 Å². The second-order valence-electron chi connectivity index (χ2n) is 3.65. The van der Waals surface area contributed by atoms with E-state index in [0.29, 0.717) is 17.5 Å². The van der Waals surface area contributed by atoms with E-state index in [2.05, 4.69) is 0 Å². The number of ether oxygens (including phenoxy) is 1. The predicted molar refractivity (Wildman–Crippen MR) is 71.8 cm³/mol. The quantitative estimate of drug-likeness (QED) is 0.732. The predicted octanol–water partition coefficient (Wildman–Crippen LogP) is 4.66. The summed E-state index contributed by atoms with van der Waals surface area (Å²) >= 11 is 11.7. The molecule has 17 heavy (non-hydrogen) atoms. The highest BCUT2D eigenvalue weighted by atomic mass is 35.5. The van der Waals surface area contributed by atoms with Crippen LogP contribution in [0.15, 0.2) is 48.5 Å². The van der Waals surface area contributed by atoms with Crippen LogP contribution in [-0.4, -0.2) is 0 Å². The lowest BCUT2D eigenvalue weighted by atomic mass is 10.1. The molecule has 0 unspecified atom stereocenters. The van der Waals surface area contributed by atoms with Gasteiger partial charge in [0.25, 0.3) is 0 Å². The Morgan fingerprint density at radius 3 is 2.41 bits per heavy atom. The smallest absolute Gasteiger partial charge is 0.121 e. The third-order valence-corrected chi connectivity index (χ3v) is 2.98. The molecule has 0 saturated heterocycles. The fraction of sp³-hybridized carbons (Fsp3) is 0.143. The molecule has 2 aromatic rings. The Morgan fingerprint density at radius 1 is 0.941 bits per heavy atom. The number of hydrogen-bond donors (Lipinski definition) is 0. The van der Waals surface area contributed by atoms with Gasteiger partial charge in [-0.15, -0.1) is 11.6 Å². The van der Waals surface area contributed by atoms with Crippen molar-refractivity contribution in [3.63, 3.8) is 0 Å². The van der Waals surface area contributed by atoms with E-state index in [4.69, 9.17) is 27.9 Å². The standard InChI is InChI=1S/C14H12Cl2O/c15-9-11-4-1-2-5-12(11)10-17-14-7-3-6-13(16)8-14/h1-8H,9-10H2. The third kappa shape index (κ3) is 3.39. The second kappa shape index (κ2) is 5.95. The summed E-state index contributed by atoms with van der Waals surface area (Å²) in [4.78, 5) is 0. The monoisotopic (exact) mass is 266 g/mol. The van der Waals surface area contributed by atoms with Crippen LogP contribution in [0.4, 0.5) is 0 Å². The molecule has 0 N–H and O–H groups in total.